The van der Waals surface area contributed by atoms with Crippen LogP contribution in [0.4, 0.5) is 5.82 Å². The monoisotopic (exact) mass is 285 g/mol. The van der Waals surface area contributed by atoms with Gasteiger partial charge in [0, 0.05) is 0 Å². The second-order valence-corrected chi connectivity index (χ2v) is 4.70. The van der Waals surface area contributed by atoms with Crippen LogP contribution in [0.5, 0.6) is 0 Å². The number of hydrazine groups is 1. The molecule has 0 unspecified atom stereocenters. The maximum absolute atomic E-state index is 6.10. The Bertz CT molecular complexity index is 579. The van der Waals surface area contributed by atoms with Crippen molar-refractivity contribution in [3.05, 3.63) is 39.3 Å². The average molecular weight is 286 g/mol. The van der Waals surface area contributed by atoms with Crippen molar-refractivity contribution in [1.82, 2.24) is 14.8 Å². The van der Waals surface area contributed by atoms with Crippen LogP contribution in [0, 0.1) is 13.8 Å². The number of hydrogen-bond donors (Lipinski definition) is 2. The summed E-state index contributed by atoms with van der Waals surface area (Å²) in [4.78, 5) is 4.29. The predicted octanol–water partition coefficient (Wildman–Crippen LogP) is 2.54. The smallest absolute Gasteiger partial charge is 0.140 e. The molecule has 0 radical (unpaired) electrons. The number of nitrogen functional groups attached to an aromatic ring is 1. The molecule has 0 atom stereocenters. The third kappa shape index (κ3) is 2.43. The first-order valence-corrected chi connectivity index (χ1v) is 6.10. The van der Waals surface area contributed by atoms with Crippen molar-refractivity contribution in [3.8, 4) is 0 Å². The van der Waals surface area contributed by atoms with E-state index < -0.39 is 0 Å². The summed E-state index contributed by atoms with van der Waals surface area (Å²) in [6.45, 7) is 4.22. The Morgan fingerprint density at radius 1 is 1.33 bits per heavy atom. The molecular formula is C11H13Cl2N5. The Hall–Kier alpha value is -1.30. The molecule has 2 heterocycles. The fraction of sp³-hybridized carbons (Fsp3) is 0.273. The van der Waals surface area contributed by atoms with Crippen LogP contribution in [-0.4, -0.2) is 14.8 Å². The van der Waals surface area contributed by atoms with Crippen molar-refractivity contribution in [3.63, 3.8) is 0 Å². The number of aromatic nitrogens is 3. The number of aryl methyl sites for hydroxylation is 1. The highest BCUT2D eigenvalue weighted by atomic mass is 35.5. The zero-order valence-corrected chi connectivity index (χ0v) is 11.5. The summed E-state index contributed by atoms with van der Waals surface area (Å²) in [7, 11) is 0. The molecule has 7 heteroatoms. The Kier molecular flexibility index (Phi) is 3.75. The zero-order chi connectivity index (χ0) is 13.3. The van der Waals surface area contributed by atoms with Crippen LogP contribution >= 0.6 is 23.2 Å². The molecule has 2 aromatic rings. The van der Waals surface area contributed by atoms with Gasteiger partial charge in [0.1, 0.15) is 5.82 Å². The first-order chi connectivity index (χ1) is 8.52. The molecule has 5 nitrogen and oxygen atoms in total. The summed E-state index contributed by atoms with van der Waals surface area (Å²) in [6.07, 6.45) is 0. The first-order valence-electron chi connectivity index (χ1n) is 5.34. The first kappa shape index (κ1) is 13.1. The summed E-state index contributed by atoms with van der Waals surface area (Å²) < 4.78 is 1.77. The second kappa shape index (κ2) is 5.14. The van der Waals surface area contributed by atoms with Crippen LogP contribution in [0.25, 0.3) is 0 Å². The SMILES string of the molecule is Cc1nn(Cc2nc(NN)ccc2Cl)c(C)c1Cl. The summed E-state index contributed by atoms with van der Waals surface area (Å²) >= 11 is 12.2. The number of nitrogens with one attached hydrogen (secondary N) is 1. The highest BCUT2D eigenvalue weighted by Crippen LogP contribution is 2.22. The lowest BCUT2D eigenvalue weighted by Crippen LogP contribution is -2.11. The Morgan fingerprint density at radius 2 is 2.06 bits per heavy atom. The van der Waals surface area contributed by atoms with Crippen molar-refractivity contribution >= 4 is 29.0 Å². The number of nitrogens with two attached hydrogens (primary N) is 1. The number of nitrogens with zero attached hydrogens (tertiary/aromatic N) is 3. The molecular weight excluding hydrogens is 273 g/mol. The Labute approximate surface area is 115 Å². The van der Waals surface area contributed by atoms with Crippen LogP contribution in [0.15, 0.2) is 12.1 Å². The van der Waals surface area contributed by atoms with Gasteiger partial charge in [-0.2, -0.15) is 5.10 Å². The van der Waals surface area contributed by atoms with Gasteiger partial charge in [-0.25, -0.2) is 10.8 Å². The second-order valence-electron chi connectivity index (χ2n) is 3.91. The van der Waals surface area contributed by atoms with E-state index in [0.29, 0.717) is 28.1 Å². The van der Waals surface area contributed by atoms with Crippen LogP contribution in [0.1, 0.15) is 17.1 Å². The van der Waals surface area contributed by atoms with Gasteiger partial charge in [0.2, 0.25) is 0 Å². The topological polar surface area (TPSA) is 68.8 Å². The van der Waals surface area contributed by atoms with Gasteiger partial charge in [0.25, 0.3) is 0 Å². The molecule has 0 fully saturated rings. The Morgan fingerprint density at radius 3 is 2.61 bits per heavy atom. The molecule has 3 N–H and O–H groups in total. The van der Waals surface area contributed by atoms with Crippen molar-refractivity contribution in [2.24, 2.45) is 5.84 Å². The minimum absolute atomic E-state index is 0.452. The van der Waals surface area contributed by atoms with E-state index in [2.05, 4.69) is 15.5 Å². The van der Waals surface area contributed by atoms with E-state index in [-0.39, 0.29) is 0 Å². The zero-order valence-electron chi connectivity index (χ0n) is 10.0. The van der Waals surface area contributed by atoms with Gasteiger partial charge >= 0.3 is 0 Å². The minimum Gasteiger partial charge on any atom is -0.308 e. The largest absolute Gasteiger partial charge is 0.308 e. The molecule has 0 aliphatic heterocycles. The van der Waals surface area contributed by atoms with Crippen LogP contribution in [0.2, 0.25) is 10.0 Å². The number of hydrogen-bond acceptors (Lipinski definition) is 4. The molecule has 18 heavy (non-hydrogen) atoms. The number of pyridine rings is 1. The van der Waals surface area contributed by atoms with Crippen molar-refractivity contribution in [1.29, 1.82) is 0 Å². The van der Waals surface area contributed by atoms with Gasteiger partial charge < -0.3 is 5.43 Å². The van der Waals surface area contributed by atoms with E-state index in [1.165, 1.54) is 0 Å². The molecule has 96 valence electrons. The fourth-order valence-corrected chi connectivity index (χ4v) is 1.95. The van der Waals surface area contributed by atoms with Gasteiger partial charge in [-0.1, -0.05) is 23.2 Å². The van der Waals surface area contributed by atoms with Gasteiger partial charge in [-0.15, -0.1) is 0 Å². The third-order valence-corrected chi connectivity index (χ3v) is 3.55. The van der Waals surface area contributed by atoms with E-state index in [1.807, 2.05) is 13.8 Å². The van der Waals surface area contributed by atoms with Crippen LogP contribution in [0.3, 0.4) is 0 Å². The molecule has 0 aliphatic carbocycles. The molecule has 0 bridgehead atoms. The number of rotatable bonds is 3. The molecule has 0 saturated heterocycles. The summed E-state index contributed by atoms with van der Waals surface area (Å²) in [5.41, 5.74) is 4.85. The van der Waals surface area contributed by atoms with Crippen molar-refractivity contribution in [2.45, 2.75) is 20.4 Å². The predicted molar refractivity (Wildman–Crippen MR) is 72.9 cm³/mol. The van der Waals surface area contributed by atoms with Gasteiger partial charge in [0.05, 0.1) is 33.7 Å². The number of halogens is 2. The molecule has 2 rings (SSSR count). The lowest BCUT2D eigenvalue weighted by Gasteiger charge is -2.08. The van der Waals surface area contributed by atoms with E-state index in [9.17, 15) is 0 Å². The van der Waals surface area contributed by atoms with Crippen LogP contribution < -0.4 is 11.3 Å². The summed E-state index contributed by atoms with van der Waals surface area (Å²) in [5.74, 6) is 5.88. The van der Waals surface area contributed by atoms with Gasteiger partial charge in [-0.05, 0) is 26.0 Å². The third-order valence-electron chi connectivity index (χ3n) is 2.66. The molecule has 0 saturated carbocycles. The van der Waals surface area contributed by atoms with Gasteiger partial charge in [0.15, 0.2) is 0 Å². The minimum atomic E-state index is 0.452. The van der Waals surface area contributed by atoms with Crippen LogP contribution in [-0.2, 0) is 6.54 Å². The van der Waals surface area contributed by atoms with Crippen molar-refractivity contribution in [2.75, 3.05) is 5.43 Å². The summed E-state index contributed by atoms with van der Waals surface area (Å²) in [5, 5.41) is 5.57. The fourth-order valence-electron chi connectivity index (χ4n) is 1.65. The van der Waals surface area contributed by atoms with E-state index in [0.717, 1.165) is 11.4 Å². The van der Waals surface area contributed by atoms with Gasteiger partial charge in [-0.3, -0.25) is 4.68 Å². The molecule has 0 aliphatic rings. The highest BCUT2D eigenvalue weighted by molar-refractivity contribution is 6.32. The quantitative estimate of drug-likeness (QED) is 0.672. The van der Waals surface area contributed by atoms with E-state index in [4.69, 9.17) is 29.0 Å². The normalized spacial score (nSPS) is 10.7. The maximum Gasteiger partial charge on any atom is 0.140 e. The Balaban J connectivity index is 2.36. The molecule has 0 amide bonds. The lowest BCUT2D eigenvalue weighted by molar-refractivity contribution is 0.647. The van der Waals surface area contributed by atoms with E-state index in [1.54, 1.807) is 16.8 Å². The highest BCUT2D eigenvalue weighted by Gasteiger charge is 2.12. The lowest BCUT2D eigenvalue weighted by atomic mass is 10.3. The average Bonchev–Trinajstić information content (AvgIpc) is 2.60. The molecule has 0 aromatic carbocycles. The van der Waals surface area contributed by atoms with E-state index >= 15 is 0 Å². The standard InChI is InChI=1S/C11H13Cl2N5/c1-6-11(13)7(2)18(17-6)5-9-8(12)3-4-10(15-9)16-14/h3-4H,5,14H2,1-2H3,(H,15,16). The number of anilines is 1. The van der Waals surface area contributed by atoms with Crippen molar-refractivity contribution < 1.29 is 0 Å². The maximum atomic E-state index is 6.10. The molecule has 2 aromatic heterocycles. The molecule has 0 spiro atoms. The summed E-state index contributed by atoms with van der Waals surface area (Å²) in [6, 6.07) is 3.45.